The molecule has 0 unspecified atom stereocenters. The number of thiophene rings is 1. The molecule has 0 spiro atoms. The zero-order valence-electron chi connectivity index (χ0n) is 13.7. The highest BCUT2D eigenvalue weighted by molar-refractivity contribution is 7.91. The van der Waals surface area contributed by atoms with Crippen LogP contribution < -0.4 is 5.32 Å². The number of halogens is 2. The normalized spacial score (nSPS) is 16.5. The van der Waals surface area contributed by atoms with Crippen molar-refractivity contribution < 1.29 is 22.0 Å². The van der Waals surface area contributed by atoms with Crippen LogP contribution in [0.25, 0.3) is 0 Å². The summed E-state index contributed by atoms with van der Waals surface area (Å²) in [5, 5.41) is 3.93. The predicted molar refractivity (Wildman–Crippen MR) is 94.5 cm³/mol. The number of carbonyl (C=O) groups is 1. The maximum absolute atomic E-state index is 13.6. The van der Waals surface area contributed by atoms with Crippen molar-refractivity contribution in [1.29, 1.82) is 0 Å². The molecule has 0 atom stereocenters. The molecule has 1 saturated heterocycles. The Morgan fingerprint density at radius 1 is 1.08 bits per heavy atom. The first-order valence-corrected chi connectivity index (χ1v) is 10.2. The van der Waals surface area contributed by atoms with Gasteiger partial charge in [-0.2, -0.15) is 4.31 Å². The molecular weight excluding hydrogens is 384 g/mol. The molecule has 1 aliphatic heterocycles. The Hall–Kier alpha value is -1.88. The van der Waals surface area contributed by atoms with Gasteiger partial charge in [-0.15, -0.1) is 11.3 Å². The second kappa shape index (κ2) is 7.78. The number of hydrogen-bond acceptors (Lipinski definition) is 5. The minimum atomic E-state index is -3.50. The topological polar surface area (TPSA) is 69.7 Å². The van der Waals surface area contributed by atoms with Gasteiger partial charge in [-0.25, -0.2) is 17.2 Å². The van der Waals surface area contributed by atoms with E-state index in [1.54, 1.807) is 22.4 Å². The molecule has 1 aromatic carbocycles. The van der Waals surface area contributed by atoms with Crippen molar-refractivity contribution >= 4 is 33.0 Å². The summed E-state index contributed by atoms with van der Waals surface area (Å²) in [5.41, 5.74) is -0.476. The summed E-state index contributed by atoms with van der Waals surface area (Å²) >= 11 is 1.16. The van der Waals surface area contributed by atoms with Gasteiger partial charge < -0.3 is 5.32 Å². The molecule has 10 heteroatoms. The number of sulfonamides is 1. The van der Waals surface area contributed by atoms with Gasteiger partial charge in [0.25, 0.3) is 10.0 Å². The van der Waals surface area contributed by atoms with Crippen molar-refractivity contribution in [2.45, 2.75) is 4.21 Å². The average Bonchev–Trinajstić information content (AvgIpc) is 3.14. The monoisotopic (exact) mass is 401 g/mol. The van der Waals surface area contributed by atoms with Crippen molar-refractivity contribution in [3.8, 4) is 0 Å². The van der Waals surface area contributed by atoms with Gasteiger partial charge in [-0.05, 0) is 23.6 Å². The molecule has 140 valence electrons. The fourth-order valence-electron chi connectivity index (χ4n) is 2.66. The number of amides is 1. The van der Waals surface area contributed by atoms with Crippen LogP contribution in [0.4, 0.5) is 14.5 Å². The minimum Gasteiger partial charge on any atom is -0.320 e. The highest BCUT2D eigenvalue weighted by atomic mass is 32.2. The largest absolute Gasteiger partial charge is 0.320 e. The van der Waals surface area contributed by atoms with E-state index in [-0.39, 0.29) is 19.6 Å². The van der Waals surface area contributed by atoms with E-state index in [4.69, 9.17) is 0 Å². The molecule has 0 aliphatic carbocycles. The lowest BCUT2D eigenvalue weighted by atomic mass is 10.3. The smallest absolute Gasteiger partial charge is 0.252 e. The van der Waals surface area contributed by atoms with Crippen LogP contribution in [-0.2, 0) is 14.8 Å². The molecule has 0 bridgehead atoms. The number of para-hydroxylation sites is 1. The molecule has 1 N–H and O–H groups in total. The SMILES string of the molecule is O=C(CN1CCN(S(=O)(=O)c2cccs2)CC1)Nc1c(F)cccc1F. The number of nitrogens with zero attached hydrogens (tertiary/aromatic N) is 2. The highest BCUT2D eigenvalue weighted by Crippen LogP contribution is 2.22. The number of carbonyl (C=O) groups excluding carboxylic acids is 1. The highest BCUT2D eigenvalue weighted by Gasteiger charge is 2.29. The Kier molecular flexibility index (Phi) is 5.66. The maximum Gasteiger partial charge on any atom is 0.252 e. The quantitative estimate of drug-likeness (QED) is 0.832. The number of rotatable bonds is 5. The van der Waals surface area contributed by atoms with Crippen LogP contribution in [0, 0.1) is 11.6 Å². The molecular formula is C16H17F2N3O3S2. The standard InChI is InChI=1S/C16H17F2N3O3S2/c17-12-3-1-4-13(18)16(12)19-14(22)11-20-6-8-21(9-7-20)26(23,24)15-5-2-10-25-15/h1-5,10H,6-9,11H2,(H,19,22). The van der Waals surface area contributed by atoms with Crippen LogP contribution in [0.1, 0.15) is 0 Å². The molecule has 2 heterocycles. The van der Waals surface area contributed by atoms with Crippen LogP contribution in [0.15, 0.2) is 39.9 Å². The third-order valence-corrected chi connectivity index (χ3v) is 7.29. The molecule has 26 heavy (non-hydrogen) atoms. The van der Waals surface area contributed by atoms with Gasteiger partial charge in [0.2, 0.25) is 5.91 Å². The number of hydrogen-bond donors (Lipinski definition) is 1. The van der Waals surface area contributed by atoms with Gasteiger partial charge in [0.1, 0.15) is 21.5 Å². The lowest BCUT2D eigenvalue weighted by Gasteiger charge is -2.33. The van der Waals surface area contributed by atoms with Gasteiger partial charge in [0.15, 0.2) is 0 Å². The summed E-state index contributed by atoms with van der Waals surface area (Å²) in [6.45, 7) is 1.15. The van der Waals surface area contributed by atoms with Crippen LogP contribution in [0.5, 0.6) is 0 Å². The minimum absolute atomic E-state index is 0.0688. The summed E-state index contributed by atoms with van der Waals surface area (Å²) in [4.78, 5) is 13.8. The Labute approximate surface area is 154 Å². The van der Waals surface area contributed by atoms with Crippen molar-refractivity contribution in [1.82, 2.24) is 9.21 Å². The summed E-state index contributed by atoms with van der Waals surface area (Å²) < 4.78 is 53.7. The summed E-state index contributed by atoms with van der Waals surface area (Å²) in [6, 6.07) is 6.58. The third kappa shape index (κ3) is 4.09. The first kappa shape index (κ1) is 18.9. The van der Waals surface area contributed by atoms with Crippen LogP contribution in [-0.4, -0.2) is 56.3 Å². The van der Waals surface area contributed by atoms with Crippen molar-refractivity contribution in [2.24, 2.45) is 0 Å². The van der Waals surface area contributed by atoms with E-state index in [0.717, 1.165) is 23.5 Å². The second-order valence-corrected chi connectivity index (χ2v) is 8.87. The lowest BCUT2D eigenvalue weighted by Crippen LogP contribution is -2.50. The van der Waals surface area contributed by atoms with E-state index < -0.39 is 33.3 Å². The summed E-state index contributed by atoms with van der Waals surface area (Å²) in [5.74, 6) is -2.24. The molecule has 1 aliphatic rings. The predicted octanol–water partition coefficient (Wildman–Crippen LogP) is 1.97. The zero-order chi connectivity index (χ0) is 18.7. The fourth-order valence-corrected chi connectivity index (χ4v) is 5.23. The Bertz CT molecular complexity index is 860. The molecule has 6 nitrogen and oxygen atoms in total. The maximum atomic E-state index is 13.6. The van der Waals surface area contributed by atoms with E-state index in [2.05, 4.69) is 5.32 Å². The summed E-state index contributed by atoms with van der Waals surface area (Å²) in [6.07, 6.45) is 0. The van der Waals surface area contributed by atoms with Crippen LogP contribution in [0.2, 0.25) is 0 Å². The van der Waals surface area contributed by atoms with Crippen molar-refractivity contribution in [2.75, 3.05) is 38.0 Å². The Morgan fingerprint density at radius 2 is 1.73 bits per heavy atom. The first-order valence-electron chi connectivity index (χ1n) is 7.88. The molecule has 1 aromatic heterocycles. The summed E-state index contributed by atoms with van der Waals surface area (Å²) in [7, 11) is -3.50. The molecule has 2 aromatic rings. The number of piperazine rings is 1. The Balaban J connectivity index is 1.55. The second-order valence-electron chi connectivity index (χ2n) is 5.76. The van der Waals surface area contributed by atoms with Crippen molar-refractivity contribution in [3.63, 3.8) is 0 Å². The van der Waals surface area contributed by atoms with Gasteiger partial charge in [-0.1, -0.05) is 12.1 Å². The molecule has 0 saturated carbocycles. The van der Waals surface area contributed by atoms with Gasteiger partial charge in [-0.3, -0.25) is 9.69 Å². The molecule has 0 radical (unpaired) electrons. The van der Waals surface area contributed by atoms with Gasteiger partial charge in [0, 0.05) is 26.2 Å². The third-order valence-electron chi connectivity index (χ3n) is 4.01. The average molecular weight is 401 g/mol. The Morgan fingerprint density at radius 3 is 2.31 bits per heavy atom. The zero-order valence-corrected chi connectivity index (χ0v) is 15.3. The van der Waals surface area contributed by atoms with Gasteiger partial charge in [0.05, 0.1) is 6.54 Å². The molecule has 1 amide bonds. The number of nitrogens with one attached hydrogen (secondary N) is 1. The van der Waals surface area contributed by atoms with Crippen LogP contribution >= 0.6 is 11.3 Å². The number of benzene rings is 1. The van der Waals surface area contributed by atoms with Crippen molar-refractivity contribution in [3.05, 3.63) is 47.3 Å². The van der Waals surface area contributed by atoms with E-state index in [1.165, 1.54) is 10.4 Å². The lowest BCUT2D eigenvalue weighted by molar-refractivity contribution is -0.117. The molecule has 1 fully saturated rings. The first-order chi connectivity index (χ1) is 12.4. The molecule has 3 rings (SSSR count). The van der Waals surface area contributed by atoms with E-state index in [0.29, 0.717) is 17.3 Å². The van der Waals surface area contributed by atoms with Crippen LogP contribution in [0.3, 0.4) is 0 Å². The number of anilines is 1. The van der Waals surface area contributed by atoms with E-state index in [1.807, 2.05) is 0 Å². The van der Waals surface area contributed by atoms with Gasteiger partial charge >= 0.3 is 0 Å². The fraction of sp³-hybridized carbons (Fsp3) is 0.312. The van der Waals surface area contributed by atoms with E-state index >= 15 is 0 Å². The van der Waals surface area contributed by atoms with E-state index in [9.17, 15) is 22.0 Å².